The standard InChI is InChI=1S/C8H7NO.C2H6.HI.Y/c1-7-2-4-8(5-3-7)9-6-10;1-2;;/h2-4H,1H3,(H,9,10);1-2H3;1H;/q-2;;;. The smallest absolute Gasteiger partial charge is 0.0677 e. The molecular formula is C10H14INOY-2. The summed E-state index contributed by atoms with van der Waals surface area (Å²) < 4.78 is 0. The Bertz CT molecular complexity index is 226. The third kappa shape index (κ3) is 9.09. The van der Waals surface area contributed by atoms with Gasteiger partial charge in [0.1, 0.15) is 0 Å². The molecule has 77 valence electrons. The van der Waals surface area contributed by atoms with Crippen LogP contribution in [-0.4, -0.2) is 6.41 Å². The summed E-state index contributed by atoms with van der Waals surface area (Å²) in [5.41, 5.74) is 1.78. The van der Waals surface area contributed by atoms with E-state index in [0.29, 0.717) is 5.69 Å². The molecule has 0 atom stereocenters. The van der Waals surface area contributed by atoms with Crippen LogP contribution in [0.5, 0.6) is 0 Å². The predicted octanol–water partition coefficient (Wildman–Crippen LogP) is 2.92. The van der Waals surface area contributed by atoms with Gasteiger partial charge in [-0.25, -0.2) is 11.8 Å². The number of nitrogens with one attached hydrogen (secondary N) is 1. The zero-order valence-corrected chi connectivity index (χ0v) is 13.8. The van der Waals surface area contributed by atoms with Gasteiger partial charge < -0.3 is 10.1 Å². The zero-order chi connectivity index (χ0) is 9.40. The summed E-state index contributed by atoms with van der Waals surface area (Å²) in [6.45, 7) is 5.96. The molecule has 1 rings (SSSR count). The molecule has 0 saturated carbocycles. The fraction of sp³-hybridized carbons (Fsp3) is 0.300. The molecular weight excluding hydrogens is 366 g/mol. The molecule has 0 aliphatic rings. The van der Waals surface area contributed by atoms with Crippen molar-refractivity contribution in [3.8, 4) is 0 Å². The Hall–Kier alpha value is 0.524. The van der Waals surface area contributed by atoms with Crippen molar-refractivity contribution in [3.05, 3.63) is 29.8 Å². The molecule has 0 aliphatic heterocycles. The van der Waals surface area contributed by atoms with E-state index in [1.807, 2.05) is 26.8 Å². The van der Waals surface area contributed by atoms with Crippen LogP contribution in [0.15, 0.2) is 18.2 Å². The van der Waals surface area contributed by atoms with E-state index in [-0.39, 0.29) is 56.7 Å². The third-order valence-electron chi connectivity index (χ3n) is 1.15. The molecule has 1 aromatic carbocycles. The number of hydrogen-bond acceptors (Lipinski definition) is 1. The molecule has 0 spiro atoms. The average molecular weight is 380 g/mol. The SMILES string of the molecule is CC.Cc1c[c-]c(N[C-]=O)cc1.I.[Y]. The molecule has 4 heteroatoms. The van der Waals surface area contributed by atoms with Gasteiger partial charge in [-0.1, -0.05) is 20.8 Å². The maximum atomic E-state index is 9.80. The van der Waals surface area contributed by atoms with E-state index in [2.05, 4.69) is 11.4 Å². The Morgan fingerprint density at radius 2 is 1.93 bits per heavy atom. The van der Waals surface area contributed by atoms with Gasteiger partial charge in [0.25, 0.3) is 0 Å². The normalized spacial score (nSPS) is 6.79. The van der Waals surface area contributed by atoms with Gasteiger partial charge in [0.2, 0.25) is 0 Å². The Kier molecular flexibility index (Phi) is 19.3. The van der Waals surface area contributed by atoms with Gasteiger partial charge in [0.15, 0.2) is 0 Å². The van der Waals surface area contributed by atoms with Crippen LogP contribution < -0.4 is 5.32 Å². The summed E-state index contributed by atoms with van der Waals surface area (Å²) in [4.78, 5) is 9.80. The van der Waals surface area contributed by atoms with E-state index in [1.165, 1.54) is 0 Å². The maximum absolute atomic E-state index is 9.80. The van der Waals surface area contributed by atoms with Gasteiger partial charge in [-0.05, 0) is 0 Å². The molecule has 1 N–H and O–H groups in total. The predicted molar refractivity (Wildman–Crippen MR) is 66.1 cm³/mol. The van der Waals surface area contributed by atoms with Crippen molar-refractivity contribution in [1.82, 2.24) is 0 Å². The van der Waals surface area contributed by atoms with Crippen LogP contribution in [0.25, 0.3) is 0 Å². The second-order valence-electron chi connectivity index (χ2n) is 2.01. The van der Waals surface area contributed by atoms with Crippen LogP contribution in [0.3, 0.4) is 0 Å². The molecule has 0 unspecified atom stereocenters. The molecule has 0 aromatic heterocycles. The van der Waals surface area contributed by atoms with Gasteiger partial charge in [0, 0.05) is 32.7 Å². The number of anilines is 1. The summed E-state index contributed by atoms with van der Waals surface area (Å²) in [7, 11) is 0. The van der Waals surface area contributed by atoms with E-state index in [1.54, 1.807) is 18.5 Å². The van der Waals surface area contributed by atoms with E-state index < -0.39 is 0 Å². The first-order chi connectivity index (χ1) is 5.83. The topological polar surface area (TPSA) is 29.1 Å². The van der Waals surface area contributed by atoms with Gasteiger partial charge in [-0.15, -0.1) is 24.0 Å². The monoisotopic (exact) mass is 380 g/mol. The van der Waals surface area contributed by atoms with Crippen LogP contribution in [0.1, 0.15) is 19.4 Å². The Balaban J connectivity index is -0.000000284. The van der Waals surface area contributed by atoms with E-state index in [0.717, 1.165) is 5.56 Å². The van der Waals surface area contributed by atoms with Gasteiger partial charge in [-0.3, -0.25) is 6.07 Å². The number of halogens is 1. The first-order valence-corrected chi connectivity index (χ1v) is 3.94. The number of benzene rings is 1. The Labute approximate surface area is 128 Å². The number of hydrogen-bond donors (Lipinski definition) is 1. The summed E-state index contributed by atoms with van der Waals surface area (Å²) in [6, 6.07) is 8.35. The summed E-state index contributed by atoms with van der Waals surface area (Å²) >= 11 is 0. The van der Waals surface area contributed by atoms with Crippen LogP contribution >= 0.6 is 24.0 Å². The molecule has 14 heavy (non-hydrogen) atoms. The molecule has 0 heterocycles. The van der Waals surface area contributed by atoms with Crippen LogP contribution in [0.2, 0.25) is 0 Å². The molecule has 1 radical (unpaired) electrons. The molecule has 2 nitrogen and oxygen atoms in total. The minimum absolute atomic E-state index is 0. The van der Waals surface area contributed by atoms with Crippen LogP contribution in [0.4, 0.5) is 5.69 Å². The fourth-order valence-corrected chi connectivity index (χ4v) is 0.635. The van der Waals surface area contributed by atoms with Crippen molar-refractivity contribution in [2.24, 2.45) is 0 Å². The molecule has 0 saturated heterocycles. The molecule has 0 aliphatic carbocycles. The average Bonchev–Trinajstić information content (AvgIpc) is 2.13. The van der Waals surface area contributed by atoms with Crippen LogP contribution in [0, 0.1) is 13.0 Å². The quantitative estimate of drug-likeness (QED) is 0.477. The number of rotatable bonds is 2. The van der Waals surface area contributed by atoms with Crippen molar-refractivity contribution in [1.29, 1.82) is 0 Å². The van der Waals surface area contributed by atoms with E-state index >= 15 is 0 Å². The minimum atomic E-state index is 0. The summed E-state index contributed by atoms with van der Waals surface area (Å²) in [6.07, 6.45) is 1.57. The Morgan fingerprint density at radius 1 is 1.36 bits per heavy atom. The molecule has 0 fully saturated rings. The second-order valence-corrected chi connectivity index (χ2v) is 2.01. The van der Waals surface area contributed by atoms with Crippen molar-refractivity contribution in [2.45, 2.75) is 20.8 Å². The molecule has 0 bridgehead atoms. The first-order valence-electron chi connectivity index (χ1n) is 3.94. The van der Waals surface area contributed by atoms with Gasteiger partial charge >= 0.3 is 0 Å². The minimum Gasteiger partial charge on any atom is -0.511 e. The summed E-state index contributed by atoms with van der Waals surface area (Å²) in [5.74, 6) is 0. The van der Waals surface area contributed by atoms with Crippen molar-refractivity contribution in [3.63, 3.8) is 0 Å². The van der Waals surface area contributed by atoms with Crippen molar-refractivity contribution >= 4 is 36.1 Å². The number of amides is 1. The molecule has 1 amide bonds. The first kappa shape index (κ1) is 20.0. The second kappa shape index (κ2) is 13.5. The van der Waals surface area contributed by atoms with E-state index in [9.17, 15) is 4.79 Å². The third-order valence-corrected chi connectivity index (χ3v) is 1.15. The van der Waals surface area contributed by atoms with E-state index in [4.69, 9.17) is 0 Å². The van der Waals surface area contributed by atoms with Crippen molar-refractivity contribution in [2.75, 3.05) is 5.32 Å². The zero-order valence-electron chi connectivity index (χ0n) is 8.63. The van der Waals surface area contributed by atoms with Crippen molar-refractivity contribution < 1.29 is 37.5 Å². The molecule has 1 aromatic rings. The van der Waals surface area contributed by atoms with Gasteiger partial charge in [-0.2, -0.15) is 17.7 Å². The largest absolute Gasteiger partial charge is 0.511 e. The number of aryl methyl sites for hydroxylation is 1. The van der Waals surface area contributed by atoms with Gasteiger partial charge in [0.05, 0.1) is 6.41 Å². The Morgan fingerprint density at radius 3 is 2.29 bits per heavy atom. The number of carbonyl (C=O) groups excluding carboxylic acids is 1. The van der Waals surface area contributed by atoms with Crippen LogP contribution in [-0.2, 0) is 37.5 Å². The maximum Gasteiger partial charge on any atom is 0.0677 e. The summed E-state index contributed by atoms with van der Waals surface area (Å²) in [5, 5.41) is 2.37. The fourth-order valence-electron chi connectivity index (χ4n) is 0.635.